The van der Waals surface area contributed by atoms with Gasteiger partial charge in [0.1, 0.15) is 11.3 Å². The Morgan fingerprint density at radius 1 is 0.943 bits per heavy atom. The zero-order valence-corrected chi connectivity index (χ0v) is 20.3. The zero-order valence-electron chi connectivity index (χ0n) is 19.6. The number of carbonyl (C=O) groups is 2. The normalized spacial score (nSPS) is 11.2. The quantitative estimate of drug-likeness (QED) is 0.147. The van der Waals surface area contributed by atoms with Gasteiger partial charge >= 0.3 is 11.9 Å². The molecule has 0 saturated carbocycles. The molecule has 0 radical (unpaired) electrons. The molecule has 4 rings (SSSR count). The van der Waals surface area contributed by atoms with Gasteiger partial charge in [0.2, 0.25) is 5.89 Å². The molecule has 3 aromatic carbocycles. The van der Waals surface area contributed by atoms with E-state index >= 15 is 0 Å². The Bertz CT molecular complexity index is 1330. The number of fused-ring (bicyclic) bond motifs is 2. The lowest BCUT2D eigenvalue weighted by atomic mass is 10.0. The molecule has 0 spiro atoms. The number of rotatable bonds is 10. The molecule has 0 aliphatic heterocycles. The van der Waals surface area contributed by atoms with Gasteiger partial charge in [0.25, 0.3) is 0 Å². The van der Waals surface area contributed by atoms with E-state index in [1.807, 2.05) is 36.4 Å². The third-order valence-corrected chi connectivity index (χ3v) is 5.69. The van der Waals surface area contributed by atoms with E-state index in [0.717, 1.165) is 16.3 Å². The second-order valence-electron chi connectivity index (χ2n) is 7.90. The lowest BCUT2D eigenvalue weighted by Gasteiger charge is -2.14. The van der Waals surface area contributed by atoms with Gasteiger partial charge in [-0.15, -0.1) is 0 Å². The van der Waals surface area contributed by atoms with Crippen LogP contribution in [0.5, 0.6) is 5.75 Å². The van der Waals surface area contributed by atoms with Gasteiger partial charge < -0.3 is 18.6 Å². The van der Waals surface area contributed by atoms with Crippen LogP contribution in [0.15, 0.2) is 59.0 Å². The minimum Gasteiger partial charge on any atom is -0.494 e. The van der Waals surface area contributed by atoms with E-state index in [9.17, 15) is 9.59 Å². The largest absolute Gasteiger partial charge is 0.494 e. The van der Waals surface area contributed by atoms with Crippen LogP contribution in [0.1, 0.15) is 26.7 Å². The van der Waals surface area contributed by atoms with E-state index in [1.54, 1.807) is 32.0 Å². The molecule has 0 aliphatic carbocycles. The molecule has 0 unspecified atom stereocenters. The first-order valence-electron chi connectivity index (χ1n) is 11.5. The van der Waals surface area contributed by atoms with Crippen molar-refractivity contribution in [3.63, 3.8) is 0 Å². The third kappa shape index (κ3) is 5.92. The number of ether oxygens (including phenoxy) is 3. The van der Waals surface area contributed by atoms with Gasteiger partial charge in [-0.2, -0.15) is 0 Å². The second kappa shape index (κ2) is 11.2. The van der Waals surface area contributed by atoms with Crippen LogP contribution in [-0.4, -0.2) is 36.7 Å². The number of carbonyl (C=O) groups excluding carboxylic acids is 2. The maximum atomic E-state index is 12.1. The highest BCUT2D eigenvalue weighted by molar-refractivity contribution is 6.31. The van der Waals surface area contributed by atoms with Gasteiger partial charge in [-0.1, -0.05) is 23.7 Å². The topological polar surface area (TPSA) is 87.9 Å². The van der Waals surface area contributed by atoms with Crippen molar-refractivity contribution >= 4 is 45.4 Å². The fraction of sp³-hybridized carbons (Fsp3) is 0.296. The summed E-state index contributed by atoms with van der Waals surface area (Å²) in [5, 5.41) is 2.63. The second-order valence-corrected chi connectivity index (χ2v) is 8.34. The molecule has 0 saturated heterocycles. The first-order chi connectivity index (χ1) is 17.0. The molecular formula is C27H26ClNO6. The molecule has 182 valence electrons. The smallest absolute Gasteiger partial charge is 0.320 e. The van der Waals surface area contributed by atoms with Crippen LogP contribution in [0.25, 0.3) is 33.3 Å². The van der Waals surface area contributed by atoms with Gasteiger partial charge in [0.15, 0.2) is 11.5 Å². The van der Waals surface area contributed by atoms with Gasteiger partial charge in [-0.25, -0.2) is 4.98 Å². The summed E-state index contributed by atoms with van der Waals surface area (Å²) in [6.07, 6.45) is 0.797. The van der Waals surface area contributed by atoms with E-state index in [-0.39, 0.29) is 13.2 Å². The number of esters is 2. The molecule has 0 aliphatic rings. The van der Waals surface area contributed by atoms with E-state index in [2.05, 4.69) is 4.98 Å². The van der Waals surface area contributed by atoms with Crippen LogP contribution in [0.3, 0.4) is 0 Å². The van der Waals surface area contributed by atoms with Crippen LogP contribution in [0.2, 0.25) is 5.02 Å². The average molecular weight is 496 g/mol. The molecule has 0 bridgehead atoms. The summed E-state index contributed by atoms with van der Waals surface area (Å²) in [5.74, 6) is -0.826. The van der Waals surface area contributed by atoms with E-state index in [1.165, 1.54) is 0 Å². The summed E-state index contributed by atoms with van der Waals surface area (Å²) >= 11 is 6.05. The van der Waals surface area contributed by atoms with Crippen LogP contribution in [0, 0.1) is 5.92 Å². The number of oxazole rings is 1. The molecule has 1 heterocycles. The first-order valence-corrected chi connectivity index (χ1v) is 11.9. The van der Waals surface area contributed by atoms with Gasteiger partial charge in [-0.3, -0.25) is 9.59 Å². The molecule has 1 aromatic heterocycles. The third-order valence-electron chi connectivity index (χ3n) is 5.46. The average Bonchev–Trinajstić information content (AvgIpc) is 3.27. The van der Waals surface area contributed by atoms with Crippen molar-refractivity contribution in [3.05, 3.63) is 59.6 Å². The summed E-state index contributed by atoms with van der Waals surface area (Å²) in [7, 11) is 0. The number of hydrogen-bond donors (Lipinski definition) is 0. The highest BCUT2D eigenvalue weighted by atomic mass is 35.5. The molecule has 8 heteroatoms. The van der Waals surface area contributed by atoms with Crippen LogP contribution < -0.4 is 4.74 Å². The summed E-state index contributed by atoms with van der Waals surface area (Å²) < 4.78 is 21.7. The maximum absolute atomic E-state index is 12.1. The SMILES string of the molecule is CCOC(=O)C(CCCOc1ccc2cc(-c3nc4cc(Cl)ccc4o3)ccc2c1)C(=O)OCC. The molecule has 7 nitrogen and oxygen atoms in total. The summed E-state index contributed by atoms with van der Waals surface area (Å²) in [4.78, 5) is 28.7. The maximum Gasteiger partial charge on any atom is 0.320 e. The van der Waals surface area contributed by atoms with Gasteiger partial charge in [0.05, 0.1) is 19.8 Å². The monoisotopic (exact) mass is 495 g/mol. The molecular weight excluding hydrogens is 470 g/mol. The zero-order chi connectivity index (χ0) is 24.8. The fourth-order valence-electron chi connectivity index (χ4n) is 3.77. The first kappa shape index (κ1) is 24.5. The van der Waals surface area contributed by atoms with Gasteiger partial charge in [0, 0.05) is 10.6 Å². The molecule has 35 heavy (non-hydrogen) atoms. The highest BCUT2D eigenvalue weighted by Crippen LogP contribution is 2.30. The Morgan fingerprint density at radius 3 is 2.40 bits per heavy atom. The predicted octanol–water partition coefficient (Wildman–Crippen LogP) is 6.20. The lowest BCUT2D eigenvalue weighted by Crippen LogP contribution is -2.28. The minimum atomic E-state index is -0.934. The Balaban J connectivity index is 1.39. The van der Waals surface area contributed by atoms with Crippen LogP contribution >= 0.6 is 11.6 Å². The van der Waals surface area contributed by atoms with Crippen molar-refractivity contribution in [2.75, 3.05) is 19.8 Å². The summed E-state index contributed by atoms with van der Waals surface area (Å²) in [6.45, 7) is 4.18. The molecule has 0 amide bonds. The molecule has 0 atom stereocenters. The van der Waals surface area contributed by atoms with Gasteiger partial charge in [-0.05, 0) is 79.9 Å². The van der Waals surface area contributed by atoms with Crippen LogP contribution in [0.4, 0.5) is 0 Å². The van der Waals surface area contributed by atoms with Crippen molar-refractivity contribution in [1.29, 1.82) is 0 Å². The van der Waals surface area contributed by atoms with Crippen molar-refractivity contribution in [3.8, 4) is 17.2 Å². The molecule has 0 fully saturated rings. The lowest BCUT2D eigenvalue weighted by molar-refractivity contribution is -0.162. The summed E-state index contributed by atoms with van der Waals surface area (Å²) in [6, 6.07) is 17.1. The molecule has 0 N–H and O–H groups in total. The standard InChI is InChI=1S/C27H26ClNO6/c1-3-32-26(30)22(27(31)33-4-2)6-5-13-34-21-11-9-17-14-19(8-7-18(17)15-21)25-29-23-16-20(28)10-12-24(23)35-25/h7-12,14-16,22H,3-6,13H2,1-2H3. The molecule has 4 aromatic rings. The van der Waals surface area contributed by atoms with Crippen molar-refractivity contribution in [1.82, 2.24) is 4.98 Å². The predicted molar refractivity (Wildman–Crippen MR) is 133 cm³/mol. The van der Waals surface area contributed by atoms with Crippen LogP contribution in [-0.2, 0) is 19.1 Å². The Labute approximate surface area is 207 Å². The number of hydrogen-bond acceptors (Lipinski definition) is 7. The van der Waals surface area contributed by atoms with Crippen molar-refractivity contribution in [2.24, 2.45) is 5.92 Å². The Morgan fingerprint density at radius 2 is 1.66 bits per heavy atom. The Kier molecular flexibility index (Phi) is 7.87. The number of halogens is 1. The van der Waals surface area contributed by atoms with Crippen molar-refractivity contribution in [2.45, 2.75) is 26.7 Å². The highest BCUT2D eigenvalue weighted by Gasteiger charge is 2.28. The fourth-order valence-corrected chi connectivity index (χ4v) is 3.93. The van der Waals surface area contributed by atoms with E-state index in [4.69, 9.17) is 30.2 Å². The van der Waals surface area contributed by atoms with Crippen molar-refractivity contribution < 1.29 is 28.2 Å². The van der Waals surface area contributed by atoms with E-state index < -0.39 is 17.9 Å². The number of aromatic nitrogens is 1. The Hall–Kier alpha value is -3.58. The number of nitrogens with zero attached hydrogens (tertiary/aromatic N) is 1. The van der Waals surface area contributed by atoms with E-state index in [0.29, 0.717) is 47.2 Å². The number of benzene rings is 3. The summed E-state index contributed by atoms with van der Waals surface area (Å²) in [5.41, 5.74) is 2.26. The minimum absolute atomic E-state index is 0.213.